The highest BCUT2D eigenvalue weighted by Crippen LogP contribution is 2.39. The molecule has 0 radical (unpaired) electrons. The molecule has 0 spiro atoms. The van der Waals surface area contributed by atoms with E-state index in [1.807, 2.05) is 47.4 Å². The van der Waals surface area contributed by atoms with Gasteiger partial charge in [0.25, 0.3) is 11.8 Å². The van der Waals surface area contributed by atoms with E-state index in [9.17, 15) is 14.4 Å². The molecule has 3 N–H and O–H groups in total. The molecule has 2 aliphatic heterocycles. The number of anilines is 2. The van der Waals surface area contributed by atoms with Gasteiger partial charge in [0.1, 0.15) is 0 Å². The van der Waals surface area contributed by atoms with Gasteiger partial charge in [-0.3, -0.25) is 14.4 Å². The predicted octanol–water partition coefficient (Wildman–Crippen LogP) is 4.68. The van der Waals surface area contributed by atoms with Gasteiger partial charge in [0.2, 0.25) is 0 Å². The van der Waals surface area contributed by atoms with E-state index in [1.54, 1.807) is 24.3 Å². The molecule has 0 unspecified atom stereocenters. The number of rotatable bonds is 7. The molecule has 0 saturated carbocycles. The topological polar surface area (TPSA) is 102 Å². The Morgan fingerprint density at radius 2 is 1.62 bits per heavy atom. The van der Waals surface area contributed by atoms with Crippen molar-refractivity contribution in [2.24, 2.45) is 0 Å². The first kappa shape index (κ1) is 26.5. The van der Waals surface area contributed by atoms with E-state index in [1.165, 1.54) is 0 Å². The lowest BCUT2D eigenvalue weighted by molar-refractivity contribution is -0.137. The first-order valence-corrected chi connectivity index (χ1v) is 13.2. The number of fused-ring (bicyclic) bond motifs is 1. The Morgan fingerprint density at radius 3 is 2.28 bits per heavy atom. The smallest absolute Gasteiger partial charge is 0.303 e. The van der Waals surface area contributed by atoms with Crippen LogP contribution in [0.25, 0.3) is 11.3 Å². The van der Waals surface area contributed by atoms with Crippen molar-refractivity contribution in [1.82, 2.24) is 9.80 Å². The summed E-state index contributed by atoms with van der Waals surface area (Å²) < 4.78 is 0. The molecule has 0 bridgehead atoms. The molecule has 8 nitrogen and oxygen atoms in total. The number of aliphatic carboxylic acids is 1. The summed E-state index contributed by atoms with van der Waals surface area (Å²) in [4.78, 5) is 41.2. The minimum Gasteiger partial charge on any atom is -0.481 e. The number of carboxylic acid groups (broad SMARTS) is 1. The van der Waals surface area contributed by atoms with Gasteiger partial charge in [-0.15, -0.1) is 0 Å². The van der Waals surface area contributed by atoms with Crippen LogP contribution in [0, 0.1) is 0 Å². The SMILES string of the molecule is CN1CCN(C(=O)c2ccc(N/C(=C3\C(=O)Nc4cc(Cl)ccc43)c3ccc(CCC(=O)O)cc3)cc2)CC1. The quantitative estimate of drug-likeness (QED) is 0.373. The van der Waals surface area contributed by atoms with Gasteiger partial charge in [-0.05, 0) is 61.0 Å². The highest BCUT2D eigenvalue weighted by atomic mass is 35.5. The van der Waals surface area contributed by atoms with Crippen molar-refractivity contribution in [1.29, 1.82) is 0 Å². The Labute approximate surface area is 231 Å². The van der Waals surface area contributed by atoms with Gasteiger partial charge in [-0.2, -0.15) is 0 Å². The van der Waals surface area contributed by atoms with Crippen LogP contribution >= 0.6 is 11.6 Å². The Hall–Kier alpha value is -4.14. The largest absolute Gasteiger partial charge is 0.481 e. The molecular formula is C30H29ClN4O4. The number of aryl methyl sites for hydroxylation is 1. The molecule has 3 aromatic rings. The number of nitrogens with one attached hydrogen (secondary N) is 2. The number of hydrogen-bond donors (Lipinski definition) is 3. The second kappa shape index (κ2) is 11.3. The number of carboxylic acids is 1. The van der Waals surface area contributed by atoms with Crippen molar-refractivity contribution in [3.8, 4) is 0 Å². The van der Waals surface area contributed by atoms with Gasteiger partial charge >= 0.3 is 5.97 Å². The van der Waals surface area contributed by atoms with Crippen LogP contribution in [-0.4, -0.2) is 65.9 Å². The van der Waals surface area contributed by atoms with Gasteiger partial charge in [0, 0.05) is 54.4 Å². The lowest BCUT2D eigenvalue weighted by Gasteiger charge is -2.32. The molecule has 9 heteroatoms. The zero-order valence-corrected chi connectivity index (χ0v) is 22.3. The number of carbonyl (C=O) groups is 3. The summed E-state index contributed by atoms with van der Waals surface area (Å²) in [5.41, 5.74) is 5.41. The van der Waals surface area contributed by atoms with E-state index in [-0.39, 0.29) is 18.2 Å². The number of piperazine rings is 1. The maximum absolute atomic E-state index is 13.2. The highest BCUT2D eigenvalue weighted by molar-refractivity contribution is 6.38. The van der Waals surface area contributed by atoms with Crippen molar-refractivity contribution < 1.29 is 19.5 Å². The van der Waals surface area contributed by atoms with Gasteiger partial charge in [-0.25, -0.2) is 0 Å². The molecule has 3 aromatic carbocycles. The van der Waals surface area contributed by atoms with Crippen LogP contribution in [0.2, 0.25) is 5.02 Å². The third kappa shape index (κ3) is 5.97. The molecule has 2 aliphatic rings. The predicted molar refractivity (Wildman–Crippen MR) is 153 cm³/mol. The van der Waals surface area contributed by atoms with Crippen molar-refractivity contribution in [3.05, 3.63) is 94.0 Å². The van der Waals surface area contributed by atoms with E-state index < -0.39 is 5.97 Å². The molecule has 0 atom stereocenters. The zero-order chi connectivity index (χ0) is 27.5. The minimum absolute atomic E-state index is 0.00570. The lowest BCUT2D eigenvalue weighted by Crippen LogP contribution is -2.47. The van der Waals surface area contributed by atoms with Crippen LogP contribution in [0.15, 0.2) is 66.7 Å². The molecular weight excluding hydrogens is 516 g/mol. The molecule has 2 heterocycles. The second-order valence-corrected chi connectivity index (χ2v) is 10.2. The number of likely N-dealkylation sites (N-methyl/N-ethyl adjacent to an activating group) is 1. The fraction of sp³-hybridized carbons (Fsp3) is 0.233. The Morgan fingerprint density at radius 1 is 0.949 bits per heavy atom. The molecule has 39 heavy (non-hydrogen) atoms. The molecule has 5 rings (SSSR count). The maximum Gasteiger partial charge on any atom is 0.303 e. The summed E-state index contributed by atoms with van der Waals surface area (Å²) in [5.74, 6) is -1.10. The van der Waals surface area contributed by atoms with Crippen molar-refractivity contribution in [2.45, 2.75) is 12.8 Å². The summed E-state index contributed by atoms with van der Waals surface area (Å²) in [6.45, 7) is 3.11. The number of amides is 2. The number of benzene rings is 3. The summed E-state index contributed by atoms with van der Waals surface area (Å²) >= 11 is 6.16. The lowest BCUT2D eigenvalue weighted by atomic mass is 9.98. The van der Waals surface area contributed by atoms with E-state index >= 15 is 0 Å². The standard InChI is InChI=1S/C30H29ClN4O4/c1-34-14-16-35(17-15-34)30(39)21-7-10-23(11-8-21)32-28(20-5-2-19(3-6-20)4-13-26(36)37)27-24-12-9-22(31)18-25(24)33-29(27)38/h2-3,5-12,18,32H,4,13-17H2,1H3,(H,33,38)(H,36,37)/b28-27-. The van der Waals surface area contributed by atoms with E-state index in [2.05, 4.69) is 22.6 Å². The van der Waals surface area contributed by atoms with E-state index in [0.717, 1.165) is 35.5 Å². The molecule has 0 aliphatic carbocycles. The maximum atomic E-state index is 13.2. The minimum atomic E-state index is -0.851. The van der Waals surface area contributed by atoms with Crippen LogP contribution in [0.1, 0.15) is 33.5 Å². The van der Waals surface area contributed by atoms with Crippen LogP contribution in [0.4, 0.5) is 11.4 Å². The summed E-state index contributed by atoms with van der Waals surface area (Å²) in [6.07, 6.45) is 0.459. The summed E-state index contributed by atoms with van der Waals surface area (Å²) in [5, 5.41) is 15.8. The molecule has 2 amide bonds. The highest BCUT2D eigenvalue weighted by Gasteiger charge is 2.29. The first-order valence-electron chi connectivity index (χ1n) is 12.8. The van der Waals surface area contributed by atoms with Crippen molar-refractivity contribution in [2.75, 3.05) is 43.9 Å². The second-order valence-electron chi connectivity index (χ2n) is 9.78. The fourth-order valence-corrected chi connectivity index (χ4v) is 4.97. The molecule has 1 fully saturated rings. The van der Waals surface area contributed by atoms with Gasteiger partial charge in [-0.1, -0.05) is 41.9 Å². The number of carbonyl (C=O) groups excluding carboxylic acids is 2. The van der Waals surface area contributed by atoms with E-state index in [0.29, 0.717) is 47.1 Å². The van der Waals surface area contributed by atoms with Crippen LogP contribution < -0.4 is 10.6 Å². The molecule has 200 valence electrons. The number of nitrogens with zero attached hydrogens (tertiary/aromatic N) is 2. The zero-order valence-electron chi connectivity index (χ0n) is 21.5. The average molecular weight is 545 g/mol. The summed E-state index contributed by atoms with van der Waals surface area (Å²) in [6, 6.07) is 20.0. The van der Waals surface area contributed by atoms with E-state index in [4.69, 9.17) is 16.7 Å². The van der Waals surface area contributed by atoms with Crippen LogP contribution in [0.3, 0.4) is 0 Å². The third-order valence-electron chi connectivity index (χ3n) is 7.04. The first-order chi connectivity index (χ1) is 18.8. The molecule has 0 aromatic heterocycles. The van der Waals surface area contributed by atoms with Crippen molar-refractivity contribution in [3.63, 3.8) is 0 Å². The monoisotopic (exact) mass is 544 g/mol. The fourth-order valence-electron chi connectivity index (χ4n) is 4.79. The van der Waals surface area contributed by atoms with Crippen LogP contribution in [0.5, 0.6) is 0 Å². The summed E-state index contributed by atoms with van der Waals surface area (Å²) in [7, 11) is 2.05. The van der Waals surface area contributed by atoms with Crippen molar-refractivity contribution >= 4 is 52.0 Å². The van der Waals surface area contributed by atoms with Crippen LogP contribution in [-0.2, 0) is 16.0 Å². The average Bonchev–Trinajstić information content (AvgIpc) is 3.25. The van der Waals surface area contributed by atoms with Gasteiger partial charge in [0.05, 0.1) is 17.0 Å². The number of hydrogen-bond acceptors (Lipinski definition) is 5. The Balaban J connectivity index is 1.46. The Kier molecular flexibility index (Phi) is 7.67. The third-order valence-corrected chi connectivity index (χ3v) is 7.27. The number of halogens is 1. The van der Waals surface area contributed by atoms with Gasteiger partial charge < -0.3 is 25.5 Å². The Bertz CT molecular complexity index is 1440. The molecule has 1 saturated heterocycles. The van der Waals surface area contributed by atoms with Gasteiger partial charge in [0.15, 0.2) is 0 Å². The normalized spacial score (nSPS) is 16.5.